The maximum Gasteiger partial charge on any atom is 0.507 e. The maximum atomic E-state index is 11.7. The number of rotatable bonds is 3. The van der Waals surface area contributed by atoms with Gasteiger partial charge in [-0.3, -0.25) is 0 Å². The standard InChI is InChI=1S/C14H20BNO4S/c1-13(2)14(3,4)20-15(19-13)10-9(8-6-7-8)16-11(21-10)12(17)18-5/h8H,6-7H2,1-5H3. The minimum atomic E-state index is -0.457. The third kappa shape index (κ3) is 2.51. The Kier molecular flexibility index (Phi) is 3.42. The molecular weight excluding hydrogens is 289 g/mol. The van der Waals surface area contributed by atoms with Gasteiger partial charge in [0.2, 0.25) is 5.01 Å². The van der Waals surface area contributed by atoms with Gasteiger partial charge in [-0.05, 0) is 40.5 Å². The van der Waals surface area contributed by atoms with E-state index in [-0.39, 0.29) is 0 Å². The van der Waals surface area contributed by atoms with Crippen molar-refractivity contribution < 1.29 is 18.8 Å². The highest BCUT2D eigenvalue weighted by Gasteiger charge is 2.54. The van der Waals surface area contributed by atoms with Crippen LogP contribution in [0.25, 0.3) is 0 Å². The van der Waals surface area contributed by atoms with Gasteiger partial charge in [0, 0.05) is 5.92 Å². The van der Waals surface area contributed by atoms with E-state index in [4.69, 9.17) is 14.0 Å². The van der Waals surface area contributed by atoms with Gasteiger partial charge in [-0.2, -0.15) is 0 Å². The first kappa shape index (κ1) is 15.0. The molecule has 5 nitrogen and oxygen atoms in total. The Hall–Kier alpha value is -0.915. The number of carbonyl (C=O) groups excluding carboxylic acids is 1. The van der Waals surface area contributed by atoms with Crippen molar-refractivity contribution in [2.45, 2.75) is 57.7 Å². The average Bonchev–Trinajstić information content (AvgIpc) is 3.10. The molecule has 114 valence electrons. The van der Waals surface area contributed by atoms with E-state index in [1.165, 1.54) is 18.4 Å². The van der Waals surface area contributed by atoms with Crippen LogP contribution in [0, 0.1) is 0 Å². The second-order valence-corrected chi connectivity index (χ2v) is 7.65. The number of hydrogen-bond donors (Lipinski definition) is 0. The number of hydrogen-bond acceptors (Lipinski definition) is 6. The second-order valence-electron chi connectivity index (χ2n) is 6.62. The van der Waals surface area contributed by atoms with Crippen LogP contribution in [0.15, 0.2) is 0 Å². The molecule has 21 heavy (non-hydrogen) atoms. The molecular formula is C14H20BNO4S. The summed E-state index contributed by atoms with van der Waals surface area (Å²) in [7, 11) is 0.913. The molecule has 0 radical (unpaired) electrons. The Morgan fingerprint density at radius 2 is 1.86 bits per heavy atom. The third-order valence-corrected chi connectivity index (χ3v) is 5.55. The molecule has 2 heterocycles. The molecule has 0 unspecified atom stereocenters. The smallest absolute Gasteiger partial charge is 0.464 e. The van der Waals surface area contributed by atoms with Crippen molar-refractivity contribution in [3.05, 3.63) is 10.7 Å². The third-order valence-electron chi connectivity index (χ3n) is 4.47. The van der Waals surface area contributed by atoms with Crippen LogP contribution in [0.1, 0.15) is 62.0 Å². The van der Waals surface area contributed by atoms with Crippen LogP contribution < -0.4 is 4.78 Å². The topological polar surface area (TPSA) is 57.7 Å². The number of nitrogens with zero attached hydrogens (tertiary/aromatic N) is 1. The predicted molar refractivity (Wildman–Crippen MR) is 81.1 cm³/mol. The van der Waals surface area contributed by atoms with Gasteiger partial charge in [-0.15, -0.1) is 11.3 Å². The molecule has 1 saturated heterocycles. The molecule has 2 aliphatic rings. The molecule has 1 saturated carbocycles. The highest BCUT2D eigenvalue weighted by atomic mass is 32.1. The first-order valence-electron chi connectivity index (χ1n) is 7.20. The first-order chi connectivity index (χ1) is 9.75. The van der Waals surface area contributed by atoms with Crippen molar-refractivity contribution >= 4 is 29.2 Å². The van der Waals surface area contributed by atoms with Gasteiger partial charge in [0.25, 0.3) is 0 Å². The number of thiazole rings is 1. The highest BCUT2D eigenvalue weighted by molar-refractivity contribution is 7.23. The molecule has 0 aromatic carbocycles. The van der Waals surface area contributed by atoms with Crippen molar-refractivity contribution in [1.29, 1.82) is 0 Å². The summed E-state index contributed by atoms with van der Waals surface area (Å²) in [4.78, 5) is 16.2. The normalized spacial score (nSPS) is 23.4. The molecule has 1 aliphatic carbocycles. The van der Waals surface area contributed by atoms with E-state index < -0.39 is 24.3 Å². The van der Waals surface area contributed by atoms with E-state index in [2.05, 4.69) is 4.98 Å². The number of ether oxygens (including phenoxy) is 1. The van der Waals surface area contributed by atoms with E-state index >= 15 is 0 Å². The van der Waals surface area contributed by atoms with E-state index in [9.17, 15) is 4.79 Å². The summed E-state index contributed by atoms with van der Waals surface area (Å²) in [5.41, 5.74) is 0.154. The predicted octanol–water partition coefficient (Wildman–Crippen LogP) is 2.11. The maximum absolute atomic E-state index is 11.7. The molecule has 0 N–H and O–H groups in total. The minimum Gasteiger partial charge on any atom is -0.464 e. The minimum absolute atomic E-state index is 0.379. The van der Waals surface area contributed by atoms with Gasteiger partial charge in [-0.25, -0.2) is 9.78 Å². The van der Waals surface area contributed by atoms with Gasteiger partial charge in [0.15, 0.2) is 0 Å². The molecule has 0 bridgehead atoms. The molecule has 0 amide bonds. The van der Waals surface area contributed by atoms with Crippen LogP contribution in [0.2, 0.25) is 0 Å². The Morgan fingerprint density at radius 1 is 1.29 bits per heavy atom. The Morgan fingerprint density at radius 3 is 2.33 bits per heavy atom. The zero-order chi connectivity index (χ0) is 15.4. The molecule has 1 aromatic rings. The fourth-order valence-corrected chi connectivity index (χ4v) is 3.31. The summed E-state index contributed by atoms with van der Waals surface area (Å²) in [6, 6.07) is 0. The summed E-state index contributed by atoms with van der Waals surface area (Å²) < 4.78 is 17.9. The van der Waals surface area contributed by atoms with E-state index in [1.807, 2.05) is 27.7 Å². The van der Waals surface area contributed by atoms with E-state index in [0.717, 1.165) is 23.3 Å². The molecule has 1 aromatic heterocycles. The quantitative estimate of drug-likeness (QED) is 0.632. The molecule has 0 spiro atoms. The largest absolute Gasteiger partial charge is 0.507 e. The van der Waals surface area contributed by atoms with Crippen LogP contribution in [-0.2, 0) is 14.0 Å². The Bertz CT molecular complexity index is 564. The van der Waals surface area contributed by atoms with Crippen molar-refractivity contribution in [1.82, 2.24) is 4.98 Å². The van der Waals surface area contributed by atoms with Crippen LogP contribution >= 0.6 is 11.3 Å². The Balaban J connectivity index is 1.95. The SMILES string of the molecule is COC(=O)c1nc(C2CC2)c(B2OC(C)(C)C(C)(C)O2)s1. The number of carbonyl (C=O) groups is 1. The molecule has 7 heteroatoms. The van der Waals surface area contributed by atoms with Crippen LogP contribution in [-0.4, -0.2) is 36.4 Å². The molecule has 0 atom stereocenters. The van der Waals surface area contributed by atoms with Gasteiger partial charge in [0.1, 0.15) is 0 Å². The van der Waals surface area contributed by atoms with Crippen LogP contribution in [0.3, 0.4) is 0 Å². The summed E-state index contributed by atoms with van der Waals surface area (Å²) in [6.45, 7) is 8.08. The number of esters is 1. The lowest BCUT2D eigenvalue weighted by Gasteiger charge is -2.32. The first-order valence-corrected chi connectivity index (χ1v) is 8.01. The highest BCUT2D eigenvalue weighted by Crippen LogP contribution is 2.42. The van der Waals surface area contributed by atoms with Crippen LogP contribution in [0.4, 0.5) is 0 Å². The van der Waals surface area contributed by atoms with Gasteiger partial charge < -0.3 is 14.0 Å². The summed E-state index contributed by atoms with van der Waals surface area (Å²) >= 11 is 1.32. The second kappa shape index (κ2) is 4.79. The zero-order valence-corrected chi connectivity index (χ0v) is 13.9. The molecule has 3 rings (SSSR count). The van der Waals surface area contributed by atoms with Crippen molar-refractivity contribution in [3.8, 4) is 0 Å². The molecule has 1 aliphatic heterocycles. The van der Waals surface area contributed by atoms with Gasteiger partial charge in [0.05, 0.1) is 28.8 Å². The lowest BCUT2D eigenvalue weighted by molar-refractivity contribution is 0.00578. The average molecular weight is 309 g/mol. The van der Waals surface area contributed by atoms with Gasteiger partial charge in [-0.1, -0.05) is 0 Å². The number of methoxy groups -OCH3 is 1. The Labute approximate surface area is 129 Å². The van der Waals surface area contributed by atoms with Gasteiger partial charge >= 0.3 is 13.1 Å². The summed E-state index contributed by atoms with van der Waals surface area (Å²) in [5.74, 6) is 0.0262. The van der Waals surface area contributed by atoms with Crippen LogP contribution in [0.5, 0.6) is 0 Å². The fraction of sp³-hybridized carbons (Fsp3) is 0.714. The summed E-state index contributed by atoms with van der Waals surface area (Å²) in [5, 5.41) is 0.379. The molecule has 2 fully saturated rings. The van der Waals surface area contributed by atoms with E-state index in [1.54, 1.807) is 0 Å². The van der Waals surface area contributed by atoms with E-state index in [0.29, 0.717) is 10.9 Å². The summed E-state index contributed by atoms with van der Waals surface area (Å²) in [6.07, 6.45) is 2.22. The monoisotopic (exact) mass is 309 g/mol. The zero-order valence-electron chi connectivity index (χ0n) is 13.1. The van der Waals surface area contributed by atoms with Crippen molar-refractivity contribution in [2.75, 3.05) is 7.11 Å². The number of aromatic nitrogens is 1. The van der Waals surface area contributed by atoms with Crippen molar-refractivity contribution in [3.63, 3.8) is 0 Å². The van der Waals surface area contributed by atoms with Crippen molar-refractivity contribution in [2.24, 2.45) is 0 Å². The fourth-order valence-electron chi connectivity index (χ4n) is 2.29. The lowest BCUT2D eigenvalue weighted by atomic mass is 9.85. The lowest BCUT2D eigenvalue weighted by Crippen LogP contribution is -2.41.